The van der Waals surface area contributed by atoms with Gasteiger partial charge in [0, 0.05) is 17.7 Å². The molecule has 1 fully saturated rings. The van der Waals surface area contributed by atoms with E-state index >= 15 is 0 Å². The molecule has 0 amide bonds. The third kappa shape index (κ3) is 2.52. The summed E-state index contributed by atoms with van der Waals surface area (Å²) in [4.78, 5) is 0. The maximum Gasteiger partial charge on any atom is 0.144 e. The van der Waals surface area contributed by atoms with Gasteiger partial charge in [-0.05, 0) is 31.5 Å². The average Bonchev–Trinajstić information content (AvgIpc) is 2.91. The van der Waals surface area contributed by atoms with Crippen molar-refractivity contribution in [3.63, 3.8) is 0 Å². The fourth-order valence-corrected chi connectivity index (χ4v) is 2.22. The molecule has 1 N–H and O–H groups in total. The number of hydrogen-bond donors (Lipinski definition) is 1. The molecule has 0 aromatic heterocycles. The summed E-state index contributed by atoms with van der Waals surface area (Å²) in [7, 11) is 3.13. The predicted molar refractivity (Wildman–Crippen MR) is 64.4 cm³/mol. The third-order valence-electron chi connectivity index (χ3n) is 3.19. The van der Waals surface area contributed by atoms with Crippen molar-refractivity contribution < 1.29 is 13.9 Å². The molecule has 2 atom stereocenters. The van der Waals surface area contributed by atoms with Gasteiger partial charge in [0.1, 0.15) is 17.7 Å². The molecule has 94 valence electrons. The Hall–Kier alpha value is -1.29. The standard InChI is InChI=1S/C13H18FNO2/c1-16-9-5-6-10(12(8-9)17-2)13(14)11-4-3-7-15-11/h5-6,8,11,13,15H,3-4,7H2,1-2H3. The van der Waals surface area contributed by atoms with Crippen molar-refractivity contribution in [2.45, 2.75) is 25.1 Å². The van der Waals surface area contributed by atoms with Gasteiger partial charge in [-0.3, -0.25) is 0 Å². The molecule has 0 saturated carbocycles. The number of alkyl halides is 1. The molecule has 3 nitrogen and oxygen atoms in total. The van der Waals surface area contributed by atoms with E-state index in [1.165, 1.54) is 0 Å². The third-order valence-corrected chi connectivity index (χ3v) is 3.19. The van der Waals surface area contributed by atoms with Crippen LogP contribution >= 0.6 is 0 Å². The largest absolute Gasteiger partial charge is 0.497 e. The minimum Gasteiger partial charge on any atom is -0.497 e. The summed E-state index contributed by atoms with van der Waals surface area (Å²) in [5.74, 6) is 1.22. The second-order valence-electron chi connectivity index (χ2n) is 4.21. The first-order valence-electron chi connectivity index (χ1n) is 5.85. The molecule has 1 aromatic rings. The fraction of sp³-hybridized carbons (Fsp3) is 0.538. The first kappa shape index (κ1) is 12.2. The number of methoxy groups -OCH3 is 2. The van der Waals surface area contributed by atoms with Gasteiger partial charge in [0.15, 0.2) is 0 Å². The molecular formula is C13H18FNO2. The van der Waals surface area contributed by atoms with Gasteiger partial charge in [0.2, 0.25) is 0 Å². The topological polar surface area (TPSA) is 30.5 Å². The van der Waals surface area contributed by atoms with Crippen molar-refractivity contribution in [2.24, 2.45) is 0 Å². The van der Waals surface area contributed by atoms with Gasteiger partial charge in [-0.1, -0.05) is 0 Å². The monoisotopic (exact) mass is 239 g/mol. The van der Waals surface area contributed by atoms with Crippen LogP contribution in [-0.4, -0.2) is 26.8 Å². The number of hydrogen-bond acceptors (Lipinski definition) is 3. The summed E-state index contributed by atoms with van der Waals surface area (Å²) < 4.78 is 24.7. The van der Waals surface area contributed by atoms with E-state index in [4.69, 9.17) is 9.47 Å². The first-order chi connectivity index (χ1) is 8.26. The number of benzene rings is 1. The predicted octanol–water partition coefficient (Wildman–Crippen LogP) is 2.47. The fourth-order valence-electron chi connectivity index (χ4n) is 2.22. The number of nitrogens with one attached hydrogen (secondary N) is 1. The molecule has 1 aromatic carbocycles. The van der Waals surface area contributed by atoms with Gasteiger partial charge in [-0.2, -0.15) is 0 Å². The van der Waals surface area contributed by atoms with Crippen LogP contribution in [0.5, 0.6) is 11.5 Å². The summed E-state index contributed by atoms with van der Waals surface area (Å²) >= 11 is 0. The van der Waals surface area contributed by atoms with Crippen molar-refractivity contribution in [1.29, 1.82) is 0 Å². The molecule has 2 rings (SSSR count). The minimum absolute atomic E-state index is 0.0997. The Labute approximate surface area is 101 Å². The van der Waals surface area contributed by atoms with Crippen LogP contribution in [0, 0.1) is 0 Å². The lowest BCUT2D eigenvalue weighted by atomic mass is 10.0. The zero-order chi connectivity index (χ0) is 12.3. The normalized spacial score (nSPS) is 21.2. The van der Waals surface area contributed by atoms with E-state index in [1.54, 1.807) is 32.4 Å². The van der Waals surface area contributed by atoms with Crippen LogP contribution in [0.3, 0.4) is 0 Å². The highest BCUT2D eigenvalue weighted by atomic mass is 19.1. The van der Waals surface area contributed by atoms with Crippen molar-refractivity contribution in [2.75, 3.05) is 20.8 Å². The molecule has 2 unspecified atom stereocenters. The van der Waals surface area contributed by atoms with Crippen LogP contribution in [0.1, 0.15) is 24.6 Å². The Morgan fingerprint density at radius 1 is 1.35 bits per heavy atom. The Balaban J connectivity index is 2.23. The van der Waals surface area contributed by atoms with E-state index in [2.05, 4.69) is 5.32 Å². The van der Waals surface area contributed by atoms with E-state index in [9.17, 15) is 4.39 Å². The number of rotatable bonds is 4. The zero-order valence-electron chi connectivity index (χ0n) is 10.2. The zero-order valence-corrected chi connectivity index (χ0v) is 10.2. The number of halogens is 1. The number of ether oxygens (including phenoxy) is 2. The molecular weight excluding hydrogens is 221 g/mol. The van der Waals surface area contributed by atoms with Gasteiger partial charge in [0.25, 0.3) is 0 Å². The Kier molecular flexibility index (Phi) is 3.84. The molecule has 1 heterocycles. The smallest absolute Gasteiger partial charge is 0.144 e. The van der Waals surface area contributed by atoms with E-state index in [0.29, 0.717) is 17.1 Å². The highest BCUT2D eigenvalue weighted by molar-refractivity contribution is 5.42. The maximum absolute atomic E-state index is 14.3. The van der Waals surface area contributed by atoms with Crippen molar-refractivity contribution >= 4 is 0 Å². The van der Waals surface area contributed by atoms with Gasteiger partial charge < -0.3 is 14.8 Å². The summed E-state index contributed by atoms with van der Waals surface area (Å²) in [6.07, 6.45) is 0.873. The van der Waals surface area contributed by atoms with Crippen LogP contribution in [0.25, 0.3) is 0 Å². The van der Waals surface area contributed by atoms with Crippen LogP contribution < -0.4 is 14.8 Å². The first-order valence-corrected chi connectivity index (χ1v) is 5.85. The van der Waals surface area contributed by atoms with Crippen LogP contribution in [-0.2, 0) is 0 Å². The lowest BCUT2D eigenvalue weighted by molar-refractivity contribution is 0.261. The Morgan fingerprint density at radius 2 is 2.18 bits per heavy atom. The maximum atomic E-state index is 14.3. The second-order valence-corrected chi connectivity index (χ2v) is 4.21. The summed E-state index contributed by atoms with van der Waals surface area (Å²) in [5.41, 5.74) is 0.590. The molecule has 0 bridgehead atoms. The highest BCUT2D eigenvalue weighted by Gasteiger charge is 2.28. The Morgan fingerprint density at radius 3 is 2.76 bits per heavy atom. The van der Waals surface area contributed by atoms with Crippen LogP contribution in [0.15, 0.2) is 18.2 Å². The quantitative estimate of drug-likeness (QED) is 0.875. The lowest BCUT2D eigenvalue weighted by Crippen LogP contribution is -2.26. The van der Waals surface area contributed by atoms with E-state index in [-0.39, 0.29) is 6.04 Å². The summed E-state index contributed by atoms with van der Waals surface area (Å²) in [6, 6.07) is 5.12. The van der Waals surface area contributed by atoms with Crippen LogP contribution in [0.4, 0.5) is 4.39 Å². The molecule has 17 heavy (non-hydrogen) atoms. The lowest BCUT2D eigenvalue weighted by Gasteiger charge is -2.19. The molecule has 0 spiro atoms. The molecule has 1 aliphatic rings. The van der Waals surface area contributed by atoms with Gasteiger partial charge in [0.05, 0.1) is 14.2 Å². The summed E-state index contributed by atoms with van der Waals surface area (Å²) in [6.45, 7) is 0.892. The summed E-state index contributed by atoms with van der Waals surface area (Å²) in [5, 5.41) is 3.17. The van der Waals surface area contributed by atoms with E-state index < -0.39 is 6.17 Å². The van der Waals surface area contributed by atoms with Crippen molar-refractivity contribution in [3.8, 4) is 11.5 Å². The highest BCUT2D eigenvalue weighted by Crippen LogP contribution is 2.35. The van der Waals surface area contributed by atoms with Gasteiger partial charge in [-0.15, -0.1) is 0 Å². The molecule has 0 radical (unpaired) electrons. The van der Waals surface area contributed by atoms with Crippen LogP contribution in [0.2, 0.25) is 0 Å². The van der Waals surface area contributed by atoms with Crippen molar-refractivity contribution in [1.82, 2.24) is 5.32 Å². The van der Waals surface area contributed by atoms with Gasteiger partial charge in [-0.25, -0.2) is 4.39 Å². The Bertz CT molecular complexity index is 378. The molecule has 4 heteroatoms. The van der Waals surface area contributed by atoms with E-state index in [1.807, 2.05) is 0 Å². The van der Waals surface area contributed by atoms with Crippen molar-refractivity contribution in [3.05, 3.63) is 23.8 Å². The molecule has 0 aliphatic carbocycles. The average molecular weight is 239 g/mol. The molecule has 1 saturated heterocycles. The second kappa shape index (κ2) is 5.36. The molecule has 1 aliphatic heterocycles. The minimum atomic E-state index is -1.03. The van der Waals surface area contributed by atoms with Gasteiger partial charge >= 0.3 is 0 Å². The SMILES string of the molecule is COc1ccc(C(F)C2CCCN2)c(OC)c1. The van der Waals surface area contributed by atoms with E-state index in [0.717, 1.165) is 19.4 Å².